The fraction of sp³-hybridized carbons (Fsp3) is 0.533. The third-order valence-electron chi connectivity index (χ3n) is 4.25. The van der Waals surface area contributed by atoms with E-state index in [1.165, 1.54) is 7.05 Å². The summed E-state index contributed by atoms with van der Waals surface area (Å²) in [6, 6.07) is 5.21. The van der Waals surface area contributed by atoms with Crippen molar-refractivity contribution in [3.05, 3.63) is 23.8 Å². The first-order chi connectivity index (χ1) is 11.0. The van der Waals surface area contributed by atoms with Gasteiger partial charge in [0.15, 0.2) is 0 Å². The number of anilines is 1. The zero-order valence-corrected chi connectivity index (χ0v) is 15.9. The van der Waals surface area contributed by atoms with Crippen LogP contribution in [-0.4, -0.2) is 52.0 Å². The fourth-order valence-corrected chi connectivity index (χ4v) is 4.67. The van der Waals surface area contributed by atoms with Gasteiger partial charge < -0.3 is 10.2 Å². The number of sulfonamides is 1. The molecule has 9 heteroatoms. The Morgan fingerprint density at radius 3 is 2.92 bits per heavy atom. The number of rotatable bonds is 4. The Kier molecular flexibility index (Phi) is 6.55. The van der Waals surface area contributed by atoms with Gasteiger partial charge in [-0.15, -0.1) is 12.4 Å². The van der Waals surface area contributed by atoms with Gasteiger partial charge in [0, 0.05) is 42.7 Å². The second-order valence-electron chi connectivity index (χ2n) is 5.72. The molecule has 1 fully saturated rings. The maximum atomic E-state index is 12.6. The van der Waals surface area contributed by atoms with Crippen LogP contribution in [0.3, 0.4) is 0 Å². The third kappa shape index (κ3) is 4.05. The van der Waals surface area contributed by atoms with Gasteiger partial charge in [-0.05, 0) is 31.2 Å². The first-order valence-electron chi connectivity index (χ1n) is 7.69. The molecule has 0 saturated carbocycles. The Bertz CT molecular complexity index is 706. The lowest BCUT2D eigenvalue weighted by molar-refractivity contribution is -0.118. The van der Waals surface area contributed by atoms with Gasteiger partial charge >= 0.3 is 0 Å². The van der Waals surface area contributed by atoms with E-state index in [1.807, 2.05) is 17.8 Å². The molecule has 1 saturated heterocycles. The van der Waals surface area contributed by atoms with Crippen molar-refractivity contribution in [1.82, 2.24) is 10.0 Å². The molecular formula is C15H22ClN3O3S2. The molecule has 1 aromatic carbocycles. The molecule has 1 unspecified atom stereocenters. The predicted octanol–water partition coefficient (Wildman–Crippen LogP) is 1.00. The van der Waals surface area contributed by atoms with Crippen molar-refractivity contribution in [3.8, 4) is 0 Å². The van der Waals surface area contributed by atoms with Gasteiger partial charge in [0.05, 0.1) is 4.90 Å². The van der Waals surface area contributed by atoms with E-state index in [1.54, 1.807) is 17.0 Å². The van der Waals surface area contributed by atoms with Gasteiger partial charge in [-0.3, -0.25) is 4.79 Å². The van der Waals surface area contributed by atoms with E-state index in [9.17, 15) is 13.2 Å². The monoisotopic (exact) mass is 391 g/mol. The second kappa shape index (κ2) is 8.05. The van der Waals surface area contributed by atoms with Crippen LogP contribution in [0.15, 0.2) is 23.1 Å². The molecule has 24 heavy (non-hydrogen) atoms. The molecule has 1 atom stereocenters. The fourth-order valence-electron chi connectivity index (χ4n) is 2.97. The SMILES string of the molecule is CNS(=O)(=O)c1ccc2c(c1)N(C(=O)CC1CSCCN1)CC2.Cl. The summed E-state index contributed by atoms with van der Waals surface area (Å²) >= 11 is 1.86. The van der Waals surface area contributed by atoms with E-state index >= 15 is 0 Å². The number of carbonyl (C=O) groups is 1. The number of fused-ring (bicyclic) bond motifs is 1. The van der Waals surface area contributed by atoms with E-state index in [0.29, 0.717) is 13.0 Å². The highest BCUT2D eigenvalue weighted by Crippen LogP contribution is 2.31. The molecule has 2 aliphatic heterocycles. The lowest BCUT2D eigenvalue weighted by Crippen LogP contribution is -2.42. The Morgan fingerprint density at radius 1 is 1.46 bits per heavy atom. The average Bonchev–Trinajstić information content (AvgIpc) is 2.99. The predicted molar refractivity (Wildman–Crippen MR) is 99.7 cm³/mol. The lowest BCUT2D eigenvalue weighted by Gasteiger charge is -2.25. The molecule has 134 valence electrons. The topological polar surface area (TPSA) is 78.5 Å². The average molecular weight is 392 g/mol. The van der Waals surface area contributed by atoms with Crippen LogP contribution in [0.1, 0.15) is 12.0 Å². The van der Waals surface area contributed by atoms with E-state index in [0.717, 1.165) is 35.7 Å². The van der Waals surface area contributed by atoms with Gasteiger partial charge in [0.1, 0.15) is 0 Å². The van der Waals surface area contributed by atoms with E-state index in [4.69, 9.17) is 0 Å². The zero-order chi connectivity index (χ0) is 16.4. The van der Waals surface area contributed by atoms with Crippen LogP contribution in [-0.2, 0) is 21.2 Å². The third-order valence-corrected chi connectivity index (χ3v) is 6.79. The molecule has 1 aromatic rings. The second-order valence-corrected chi connectivity index (χ2v) is 8.76. The zero-order valence-electron chi connectivity index (χ0n) is 13.4. The minimum absolute atomic E-state index is 0. The molecule has 0 bridgehead atoms. The molecule has 2 heterocycles. The van der Waals surface area contributed by atoms with E-state index in [-0.39, 0.29) is 29.3 Å². The number of thioether (sulfide) groups is 1. The summed E-state index contributed by atoms with van der Waals surface area (Å²) in [5, 5.41) is 3.37. The van der Waals surface area contributed by atoms with Crippen LogP contribution < -0.4 is 14.9 Å². The van der Waals surface area contributed by atoms with Crippen LogP contribution in [0.4, 0.5) is 5.69 Å². The van der Waals surface area contributed by atoms with Gasteiger partial charge in [-0.2, -0.15) is 11.8 Å². The highest BCUT2D eigenvalue weighted by atomic mass is 35.5. The van der Waals surface area contributed by atoms with Crippen LogP contribution in [0.25, 0.3) is 0 Å². The molecule has 2 aliphatic rings. The lowest BCUT2D eigenvalue weighted by atomic mass is 10.1. The van der Waals surface area contributed by atoms with Gasteiger partial charge in [-0.1, -0.05) is 6.07 Å². The Hall–Kier alpha value is -0.800. The Morgan fingerprint density at radius 2 is 2.25 bits per heavy atom. The normalized spacial score (nSPS) is 20.4. The standard InChI is InChI=1S/C15H21N3O3S2.ClH/c1-16-23(20,21)13-3-2-11-4-6-18(14(11)9-13)15(19)8-12-10-22-7-5-17-12;/h2-3,9,12,16-17H,4-8,10H2,1H3;1H. The first-order valence-corrected chi connectivity index (χ1v) is 10.3. The van der Waals surface area contributed by atoms with Crippen molar-refractivity contribution in [2.24, 2.45) is 0 Å². The molecule has 0 spiro atoms. The maximum Gasteiger partial charge on any atom is 0.240 e. The van der Waals surface area contributed by atoms with Crippen molar-refractivity contribution < 1.29 is 13.2 Å². The van der Waals surface area contributed by atoms with Gasteiger partial charge in [-0.25, -0.2) is 13.1 Å². The van der Waals surface area contributed by atoms with Crippen LogP contribution >= 0.6 is 24.2 Å². The maximum absolute atomic E-state index is 12.6. The van der Waals surface area contributed by atoms with Crippen molar-refractivity contribution in [2.75, 3.05) is 36.5 Å². The van der Waals surface area contributed by atoms with Crippen molar-refractivity contribution in [2.45, 2.75) is 23.8 Å². The summed E-state index contributed by atoms with van der Waals surface area (Å²) in [5.41, 5.74) is 1.76. The molecule has 3 rings (SSSR count). The number of hydrogen-bond donors (Lipinski definition) is 2. The summed E-state index contributed by atoms with van der Waals surface area (Å²) in [6.45, 7) is 1.56. The number of halogens is 1. The Balaban J connectivity index is 0.00000208. The smallest absolute Gasteiger partial charge is 0.240 e. The van der Waals surface area contributed by atoms with Crippen molar-refractivity contribution >= 4 is 45.8 Å². The van der Waals surface area contributed by atoms with E-state index in [2.05, 4.69) is 10.0 Å². The summed E-state index contributed by atoms with van der Waals surface area (Å²) in [4.78, 5) is 14.5. The number of nitrogens with one attached hydrogen (secondary N) is 2. The number of nitrogens with zero attached hydrogens (tertiary/aromatic N) is 1. The van der Waals surface area contributed by atoms with Crippen molar-refractivity contribution in [3.63, 3.8) is 0 Å². The molecular weight excluding hydrogens is 370 g/mol. The quantitative estimate of drug-likeness (QED) is 0.800. The van der Waals surface area contributed by atoms with Gasteiger partial charge in [0.2, 0.25) is 15.9 Å². The summed E-state index contributed by atoms with van der Waals surface area (Å²) < 4.78 is 26.2. The summed E-state index contributed by atoms with van der Waals surface area (Å²) in [6.07, 6.45) is 1.23. The Labute approximate surface area is 153 Å². The van der Waals surface area contributed by atoms with Crippen LogP contribution in [0.2, 0.25) is 0 Å². The molecule has 0 radical (unpaired) electrons. The van der Waals surface area contributed by atoms with Crippen molar-refractivity contribution in [1.29, 1.82) is 0 Å². The van der Waals surface area contributed by atoms with Gasteiger partial charge in [0.25, 0.3) is 0 Å². The molecule has 6 nitrogen and oxygen atoms in total. The number of carbonyl (C=O) groups excluding carboxylic acids is 1. The first kappa shape index (κ1) is 19.5. The highest BCUT2D eigenvalue weighted by Gasteiger charge is 2.28. The highest BCUT2D eigenvalue weighted by molar-refractivity contribution is 7.99. The summed E-state index contributed by atoms with van der Waals surface area (Å²) in [5.74, 6) is 2.09. The molecule has 2 N–H and O–H groups in total. The van der Waals surface area contributed by atoms with Crippen LogP contribution in [0.5, 0.6) is 0 Å². The molecule has 0 aromatic heterocycles. The number of hydrogen-bond acceptors (Lipinski definition) is 5. The minimum atomic E-state index is -3.50. The number of amides is 1. The minimum Gasteiger partial charge on any atom is -0.312 e. The largest absolute Gasteiger partial charge is 0.312 e. The summed E-state index contributed by atoms with van der Waals surface area (Å²) in [7, 11) is -2.11. The molecule has 0 aliphatic carbocycles. The van der Waals surface area contributed by atoms with Crippen LogP contribution in [0, 0.1) is 0 Å². The van der Waals surface area contributed by atoms with E-state index < -0.39 is 10.0 Å². The molecule has 1 amide bonds. The number of benzene rings is 1.